The normalized spacial score (nSPS) is 42.7. The molecule has 3 rings (SSSR count). The van der Waals surface area contributed by atoms with Crippen LogP contribution in [0, 0.1) is 17.8 Å². The molecule has 1 amide bonds. The number of ether oxygens (including phenoxy) is 3. The third kappa shape index (κ3) is 8.95. The first-order valence-corrected chi connectivity index (χ1v) is 17.3. The third-order valence-electron chi connectivity index (χ3n) is 10.6. The van der Waals surface area contributed by atoms with Gasteiger partial charge in [0.2, 0.25) is 0 Å². The molecule has 2 aliphatic rings. The summed E-state index contributed by atoms with van der Waals surface area (Å²) in [7, 11) is 3.43. The Hall–Kier alpha value is -2.16. The predicted molar refractivity (Wildman–Crippen MR) is 180 cm³/mol. The minimum absolute atomic E-state index is 0.166. The van der Waals surface area contributed by atoms with Crippen molar-refractivity contribution in [1.29, 1.82) is 0 Å². The number of hydrogen-bond donors (Lipinski definition) is 5. The molecular weight excluding hydrogens is 620 g/mol. The number of benzene rings is 1. The summed E-state index contributed by atoms with van der Waals surface area (Å²) in [5.41, 5.74) is -2.92. The van der Waals surface area contributed by atoms with Gasteiger partial charge < -0.3 is 49.5 Å². The molecule has 2 heterocycles. The van der Waals surface area contributed by atoms with E-state index in [2.05, 4.69) is 0 Å². The molecule has 48 heavy (non-hydrogen) atoms. The molecule has 0 spiro atoms. The largest absolute Gasteiger partial charge is 0.459 e. The average molecular weight is 681 g/mol. The second-order valence-electron chi connectivity index (χ2n) is 14.9. The number of aliphatic hydroxyl groups is 5. The van der Waals surface area contributed by atoms with E-state index in [9.17, 15) is 35.1 Å². The highest BCUT2D eigenvalue weighted by Gasteiger charge is 2.50. The maximum Gasteiger partial charge on any atom is 0.311 e. The van der Waals surface area contributed by atoms with Gasteiger partial charge in [0.15, 0.2) is 6.29 Å². The Balaban J connectivity index is 1.98. The van der Waals surface area contributed by atoms with Crippen molar-refractivity contribution in [2.75, 3.05) is 20.6 Å². The maximum absolute atomic E-state index is 13.4. The van der Waals surface area contributed by atoms with E-state index in [4.69, 9.17) is 14.2 Å². The topological polar surface area (TPSA) is 169 Å². The van der Waals surface area contributed by atoms with E-state index in [0.717, 1.165) is 0 Å². The number of likely N-dealkylation sites (N-methyl/N-ethyl adjacent to an activating group) is 2. The van der Waals surface area contributed by atoms with Gasteiger partial charge in [-0.25, -0.2) is 0 Å². The van der Waals surface area contributed by atoms with Crippen LogP contribution in [0.4, 0.5) is 0 Å². The van der Waals surface area contributed by atoms with Crippen molar-refractivity contribution in [2.45, 2.75) is 141 Å². The summed E-state index contributed by atoms with van der Waals surface area (Å²) < 4.78 is 18.3. The fourth-order valence-electron chi connectivity index (χ4n) is 7.54. The van der Waals surface area contributed by atoms with Crippen LogP contribution in [0.3, 0.4) is 0 Å². The van der Waals surface area contributed by atoms with E-state index in [0.29, 0.717) is 18.5 Å². The number of hydrogen-bond acceptors (Lipinski definition) is 11. The van der Waals surface area contributed by atoms with Gasteiger partial charge in [0.25, 0.3) is 5.91 Å². The van der Waals surface area contributed by atoms with Crippen LogP contribution in [0.2, 0.25) is 0 Å². The Labute approximate surface area is 286 Å². The van der Waals surface area contributed by atoms with Gasteiger partial charge in [-0.3, -0.25) is 9.59 Å². The number of carbonyl (C=O) groups excluding carboxylic acids is 2. The second kappa shape index (κ2) is 16.2. The number of nitrogens with zero attached hydrogens (tertiary/aromatic N) is 2. The Morgan fingerprint density at radius 3 is 2.23 bits per heavy atom. The number of carbonyl (C=O) groups is 2. The van der Waals surface area contributed by atoms with Gasteiger partial charge >= 0.3 is 5.97 Å². The van der Waals surface area contributed by atoms with Crippen molar-refractivity contribution in [3.8, 4) is 0 Å². The van der Waals surface area contributed by atoms with Crippen LogP contribution in [0.15, 0.2) is 30.3 Å². The third-order valence-corrected chi connectivity index (χ3v) is 10.6. The lowest BCUT2D eigenvalue weighted by atomic mass is 9.78. The highest BCUT2D eigenvalue weighted by molar-refractivity contribution is 5.94. The zero-order valence-corrected chi connectivity index (χ0v) is 30.3. The average Bonchev–Trinajstić information content (AvgIpc) is 3.04. The van der Waals surface area contributed by atoms with E-state index in [1.54, 1.807) is 59.0 Å². The van der Waals surface area contributed by atoms with E-state index in [1.807, 2.05) is 31.9 Å². The molecule has 1 aromatic carbocycles. The second-order valence-corrected chi connectivity index (χ2v) is 14.9. The molecule has 274 valence electrons. The first-order valence-electron chi connectivity index (χ1n) is 17.3. The highest BCUT2D eigenvalue weighted by Crippen LogP contribution is 2.37. The van der Waals surface area contributed by atoms with Gasteiger partial charge in [-0.05, 0) is 79.0 Å². The van der Waals surface area contributed by atoms with Crippen LogP contribution < -0.4 is 0 Å². The van der Waals surface area contributed by atoms with Crippen LogP contribution in [0.1, 0.15) is 85.0 Å². The quantitative estimate of drug-likeness (QED) is 0.289. The molecule has 2 aliphatic heterocycles. The molecule has 12 nitrogen and oxygen atoms in total. The summed E-state index contributed by atoms with van der Waals surface area (Å²) in [6.07, 6.45) is -7.09. The maximum atomic E-state index is 13.4. The molecule has 0 saturated carbocycles. The minimum Gasteiger partial charge on any atom is -0.459 e. The van der Waals surface area contributed by atoms with Crippen molar-refractivity contribution < 1.29 is 49.3 Å². The Morgan fingerprint density at radius 2 is 1.65 bits per heavy atom. The molecule has 0 aliphatic carbocycles. The Kier molecular flexibility index (Phi) is 13.6. The molecule has 12 heteroatoms. The summed E-state index contributed by atoms with van der Waals surface area (Å²) >= 11 is 0. The van der Waals surface area contributed by atoms with Gasteiger partial charge in [0.1, 0.15) is 23.9 Å². The zero-order valence-electron chi connectivity index (χ0n) is 30.3. The molecule has 0 bridgehead atoms. The van der Waals surface area contributed by atoms with E-state index in [-0.39, 0.29) is 24.7 Å². The first-order chi connectivity index (χ1) is 22.2. The lowest BCUT2D eigenvalue weighted by molar-refractivity contribution is -0.298. The van der Waals surface area contributed by atoms with Crippen LogP contribution in [0.5, 0.6) is 0 Å². The molecular formula is C36H60N2O10. The fraction of sp³-hybridized carbons (Fsp3) is 0.778. The summed E-state index contributed by atoms with van der Waals surface area (Å²) in [5.74, 6) is -3.20. The van der Waals surface area contributed by atoms with Gasteiger partial charge in [-0.2, -0.15) is 0 Å². The molecule has 0 unspecified atom stereocenters. The smallest absolute Gasteiger partial charge is 0.311 e. The summed E-state index contributed by atoms with van der Waals surface area (Å²) in [5, 5.41) is 58.0. The summed E-state index contributed by atoms with van der Waals surface area (Å²) in [4.78, 5) is 30.1. The number of rotatable bonds is 5. The van der Waals surface area contributed by atoms with Gasteiger partial charge in [-0.15, -0.1) is 0 Å². The predicted octanol–water partition coefficient (Wildman–Crippen LogP) is 2.19. The van der Waals surface area contributed by atoms with Crippen LogP contribution >= 0.6 is 0 Å². The first kappa shape index (κ1) is 40.3. The number of aliphatic hydroxyl groups excluding tert-OH is 3. The molecule has 0 radical (unpaired) electrons. The number of cyclic esters (lactones) is 1. The van der Waals surface area contributed by atoms with Crippen LogP contribution in [-0.2, 0) is 19.0 Å². The molecule has 2 fully saturated rings. The van der Waals surface area contributed by atoms with Crippen molar-refractivity contribution in [3.63, 3.8) is 0 Å². The van der Waals surface area contributed by atoms with E-state index < -0.39 is 84.0 Å². The van der Waals surface area contributed by atoms with Crippen LogP contribution in [-0.4, -0.2) is 134 Å². The summed E-state index contributed by atoms with van der Waals surface area (Å²) in [6, 6.07) is 7.54. The lowest BCUT2D eigenvalue weighted by Crippen LogP contribution is -2.60. The van der Waals surface area contributed by atoms with Crippen molar-refractivity contribution in [1.82, 2.24) is 9.80 Å². The highest BCUT2D eigenvalue weighted by atomic mass is 16.7. The number of amides is 1. The Morgan fingerprint density at radius 1 is 1.04 bits per heavy atom. The van der Waals surface area contributed by atoms with E-state index in [1.165, 1.54) is 18.7 Å². The van der Waals surface area contributed by atoms with Crippen molar-refractivity contribution >= 4 is 11.9 Å². The SMILES string of the molecule is CC[C@H]1OC(=O)[C@H](C)[C@@H](O)[C@H](C)[C@@H](O[C@@H]2O[C@H](C)C[C@H](N(C)C(=O)c3ccccc3)[C@H]2O)[C@](C)(O)C[C@@H](C)CN(C)[C@H](C)[C@@H](O)[C@]1(C)O. The van der Waals surface area contributed by atoms with E-state index >= 15 is 0 Å². The summed E-state index contributed by atoms with van der Waals surface area (Å²) in [6.45, 7) is 13.9. The minimum atomic E-state index is -1.79. The number of esters is 1. The monoisotopic (exact) mass is 680 g/mol. The molecule has 5 N–H and O–H groups in total. The van der Waals surface area contributed by atoms with Gasteiger partial charge in [-0.1, -0.05) is 39.0 Å². The Bertz CT molecular complexity index is 1200. The molecule has 1 aromatic rings. The van der Waals surface area contributed by atoms with Crippen molar-refractivity contribution in [3.05, 3.63) is 35.9 Å². The molecule has 2 saturated heterocycles. The molecule has 14 atom stereocenters. The lowest BCUT2D eigenvalue weighted by Gasteiger charge is -2.47. The standard InChI is InChI=1S/C36H60N2O10/c1-11-27-36(8,45)30(41)24(6)37(9)19-20(2)18-35(7,44)31(22(4)28(39)23(5)33(43)47-27)48-34-29(40)26(17-21(3)46-34)38(10)32(42)25-15-13-12-14-16-25/h12-16,20-24,26-31,34,39-41,44-45H,11,17-19H2,1-10H3/t20-,21-,22+,23-,24-,26+,27-,28+,29-,30-,31-,34+,35-,36-/m1/s1. The zero-order chi connectivity index (χ0) is 36.3. The molecule has 0 aromatic heterocycles. The van der Waals surface area contributed by atoms with Gasteiger partial charge in [0.05, 0.1) is 35.9 Å². The van der Waals surface area contributed by atoms with Gasteiger partial charge in [0, 0.05) is 31.1 Å². The van der Waals surface area contributed by atoms with Crippen LogP contribution in [0.25, 0.3) is 0 Å². The fourth-order valence-corrected chi connectivity index (χ4v) is 7.54. The van der Waals surface area contributed by atoms with Crippen molar-refractivity contribution in [2.24, 2.45) is 17.8 Å².